The lowest BCUT2D eigenvalue weighted by Crippen LogP contribution is -2.38. The number of rotatable bonds is 3. The highest BCUT2D eigenvalue weighted by Gasteiger charge is 2.23. The van der Waals surface area contributed by atoms with Gasteiger partial charge < -0.3 is 9.64 Å². The van der Waals surface area contributed by atoms with Gasteiger partial charge in [0.25, 0.3) is 0 Å². The maximum absolute atomic E-state index is 6.08. The summed E-state index contributed by atoms with van der Waals surface area (Å²) >= 11 is 1.73. The molecule has 6 nitrogen and oxygen atoms in total. The van der Waals surface area contributed by atoms with Crippen LogP contribution in [0.5, 0.6) is 5.88 Å². The average Bonchev–Trinajstić information content (AvgIpc) is 3.03. The molecule has 0 bridgehead atoms. The van der Waals surface area contributed by atoms with Crippen LogP contribution in [-0.2, 0) is 0 Å². The third-order valence-corrected chi connectivity index (χ3v) is 5.30. The van der Waals surface area contributed by atoms with Crippen molar-refractivity contribution in [1.29, 1.82) is 0 Å². The molecular formula is C17H19N5OS. The first kappa shape index (κ1) is 15.3. The number of nitrogens with zero attached hydrogens (tertiary/aromatic N) is 5. The highest BCUT2D eigenvalue weighted by atomic mass is 32.1. The largest absolute Gasteiger partial charge is 0.473 e. The Morgan fingerprint density at radius 1 is 1.17 bits per heavy atom. The Labute approximate surface area is 144 Å². The summed E-state index contributed by atoms with van der Waals surface area (Å²) in [4.78, 5) is 19.9. The van der Waals surface area contributed by atoms with Crippen LogP contribution in [-0.4, -0.2) is 39.1 Å². The number of pyridine rings is 1. The predicted octanol–water partition coefficient (Wildman–Crippen LogP) is 3.15. The lowest BCUT2D eigenvalue weighted by atomic mass is 10.1. The van der Waals surface area contributed by atoms with Crippen molar-refractivity contribution >= 4 is 26.7 Å². The summed E-state index contributed by atoms with van der Waals surface area (Å²) in [5.41, 5.74) is 2.71. The lowest BCUT2D eigenvalue weighted by Gasteiger charge is -2.31. The molecule has 4 heterocycles. The number of aryl methyl sites for hydroxylation is 2. The first-order valence-electron chi connectivity index (χ1n) is 8.11. The molecule has 0 aromatic carbocycles. The van der Waals surface area contributed by atoms with Crippen LogP contribution in [0.1, 0.15) is 24.2 Å². The molecule has 1 aliphatic rings. The molecule has 4 rings (SSSR count). The second-order valence-electron chi connectivity index (χ2n) is 6.05. The molecule has 0 radical (unpaired) electrons. The van der Waals surface area contributed by atoms with Gasteiger partial charge in [0.2, 0.25) is 5.88 Å². The van der Waals surface area contributed by atoms with Crippen molar-refractivity contribution in [2.24, 2.45) is 0 Å². The second kappa shape index (κ2) is 6.32. The fourth-order valence-corrected chi connectivity index (χ4v) is 3.84. The standard InChI is InChI=1S/C17H19N5OS/c1-11-9-19-12(2)16(20-11)23-13-4-7-22(8-5-13)17-21-14-10-18-6-3-15(14)24-17/h3,6,9-10,13H,4-5,7-8H2,1-2H3. The van der Waals surface area contributed by atoms with E-state index in [1.165, 1.54) is 4.70 Å². The van der Waals surface area contributed by atoms with Crippen molar-refractivity contribution in [2.75, 3.05) is 18.0 Å². The smallest absolute Gasteiger partial charge is 0.235 e. The van der Waals surface area contributed by atoms with E-state index in [1.807, 2.05) is 32.3 Å². The minimum absolute atomic E-state index is 0.187. The van der Waals surface area contributed by atoms with Crippen molar-refractivity contribution in [3.05, 3.63) is 36.0 Å². The minimum Gasteiger partial charge on any atom is -0.473 e. The number of anilines is 1. The molecule has 3 aromatic rings. The van der Waals surface area contributed by atoms with Gasteiger partial charge in [0.1, 0.15) is 11.6 Å². The maximum atomic E-state index is 6.08. The van der Waals surface area contributed by atoms with E-state index in [9.17, 15) is 0 Å². The fraction of sp³-hybridized carbons (Fsp3) is 0.412. The van der Waals surface area contributed by atoms with Crippen LogP contribution in [0.15, 0.2) is 24.7 Å². The van der Waals surface area contributed by atoms with Crippen LogP contribution in [0.3, 0.4) is 0 Å². The van der Waals surface area contributed by atoms with E-state index in [0.29, 0.717) is 5.88 Å². The first-order valence-corrected chi connectivity index (χ1v) is 8.93. The fourth-order valence-electron chi connectivity index (χ4n) is 2.85. The van der Waals surface area contributed by atoms with E-state index in [1.54, 1.807) is 17.5 Å². The number of aromatic nitrogens is 4. The molecule has 0 aliphatic carbocycles. The van der Waals surface area contributed by atoms with E-state index in [-0.39, 0.29) is 6.10 Å². The summed E-state index contributed by atoms with van der Waals surface area (Å²) in [6.45, 7) is 5.75. The summed E-state index contributed by atoms with van der Waals surface area (Å²) in [6, 6.07) is 2.02. The van der Waals surface area contributed by atoms with E-state index in [2.05, 4.69) is 24.8 Å². The number of hydrogen-bond acceptors (Lipinski definition) is 7. The SMILES string of the molecule is Cc1cnc(C)c(OC2CCN(c3nc4cnccc4s3)CC2)n1. The van der Waals surface area contributed by atoms with E-state index < -0.39 is 0 Å². The molecule has 0 unspecified atom stereocenters. The molecule has 124 valence electrons. The van der Waals surface area contributed by atoms with Gasteiger partial charge in [0.15, 0.2) is 5.13 Å². The molecular weight excluding hydrogens is 322 g/mol. The van der Waals surface area contributed by atoms with Crippen LogP contribution in [0, 0.1) is 13.8 Å². The topological polar surface area (TPSA) is 64.0 Å². The Balaban J connectivity index is 1.42. The Morgan fingerprint density at radius 3 is 2.79 bits per heavy atom. The molecule has 0 spiro atoms. The zero-order valence-electron chi connectivity index (χ0n) is 13.8. The zero-order valence-corrected chi connectivity index (χ0v) is 14.6. The van der Waals surface area contributed by atoms with Gasteiger partial charge in [0, 0.05) is 38.3 Å². The van der Waals surface area contributed by atoms with Gasteiger partial charge in [0.05, 0.1) is 22.3 Å². The van der Waals surface area contributed by atoms with Gasteiger partial charge in [-0.3, -0.25) is 9.97 Å². The van der Waals surface area contributed by atoms with Crippen LogP contribution >= 0.6 is 11.3 Å². The van der Waals surface area contributed by atoms with E-state index in [0.717, 1.165) is 48.0 Å². The second-order valence-corrected chi connectivity index (χ2v) is 7.06. The molecule has 7 heteroatoms. The van der Waals surface area contributed by atoms with Gasteiger partial charge in [-0.1, -0.05) is 11.3 Å². The average molecular weight is 341 g/mol. The summed E-state index contributed by atoms with van der Waals surface area (Å²) in [5, 5.41) is 1.07. The highest BCUT2D eigenvalue weighted by Crippen LogP contribution is 2.30. The van der Waals surface area contributed by atoms with Crippen LogP contribution in [0.25, 0.3) is 10.2 Å². The lowest BCUT2D eigenvalue weighted by molar-refractivity contribution is 0.161. The molecule has 0 N–H and O–H groups in total. The minimum atomic E-state index is 0.187. The van der Waals surface area contributed by atoms with Crippen molar-refractivity contribution in [3.63, 3.8) is 0 Å². The molecule has 0 atom stereocenters. The quantitative estimate of drug-likeness (QED) is 0.729. The van der Waals surface area contributed by atoms with Crippen LogP contribution < -0.4 is 9.64 Å². The zero-order chi connectivity index (χ0) is 16.5. The number of fused-ring (bicyclic) bond motifs is 1. The predicted molar refractivity (Wildman–Crippen MR) is 94.8 cm³/mol. The Bertz CT molecular complexity index is 824. The maximum Gasteiger partial charge on any atom is 0.235 e. The van der Waals surface area contributed by atoms with Crippen molar-refractivity contribution in [3.8, 4) is 5.88 Å². The third kappa shape index (κ3) is 3.03. The van der Waals surface area contributed by atoms with E-state index in [4.69, 9.17) is 4.74 Å². The molecule has 0 saturated carbocycles. The Morgan fingerprint density at radius 2 is 2.00 bits per heavy atom. The van der Waals surface area contributed by atoms with Gasteiger partial charge >= 0.3 is 0 Å². The number of piperidine rings is 1. The molecule has 1 fully saturated rings. The highest BCUT2D eigenvalue weighted by molar-refractivity contribution is 7.22. The number of ether oxygens (including phenoxy) is 1. The van der Waals surface area contributed by atoms with Crippen molar-refractivity contribution in [1.82, 2.24) is 19.9 Å². The van der Waals surface area contributed by atoms with Gasteiger partial charge in [-0.25, -0.2) is 9.97 Å². The normalized spacial score (nSPS) is 15.8. The summed E-state index contributed by atoms with van der Waals surface area (Å²) in [5.74, 6) is 0.666. The Kier molecular flexibility index (Phi) is 4.02. The summed E-state index contributed by atoms with van der Waals surface area (Å²) in [6.07, 6.45) is 7.52. The van der Waals surface area contributed by atoms with Gasteiger partial charge in [-0.05, 0) is 19.9 Å². The first-order chi connectivity index (χ1) is 11.7. The Hall–Kier alpha value is -2.28. The van der Waals surface area contributed by atoms with Crippen molar-refractivity contribution < 1.29 is 4.74 Å². The third-order valence-electron chi connectivity index (χ3n) is 4.20. The molecule has 1 saturated heterocycles. The number of hydrogen-bond donors (Lipinski definition) is 0. The monoisotopic (exact) mass is 341 g/mol. The molecule has 1 aliphatic heterocycles. The van der Waals surface area contributed by atoms with Crippen LogP contribution in [0.2, 0.25) is 0 Å². The van der Waals surface area contributed by atoms with E-state index >= 15 is 0 Å². The van der Waals surface area contributed by atoms with Gasteiger partial charge in [-0.15, -0.1) is 0 Å². The summed E-state index contributed by atoms with van der Waals surface area (Å²) < 4.78 is 7.27. The van der Waals surface area contributed by atoms with Gasteiger partial charge in [-0.2, -0.15) is 0 Å². The molecule has 3 aromatic heterocycles. The molecule has 24 heavy (non-hydrogen) atoms. The number of thiazole rings is 1. The summed E-state index contributed by atoms with van der Waals surface area (Å²) in [7, 11) is 0. The van der Waals surface area contributed by atoms with Crippen molar-refractivity contribution in [2.45, 2.75) is 32.8 Å². The molecule has 0 amide bonds. The van der Waals surface area contributed by atoms with Crippen LogP contribution in [0.4, 0.5) is 5.13 Å².